The first kappa shape index (κ1) is 20.6. The fourth-order valence-electron chi connectivity index (χ4n) is 2.80. The van der Waals surface area contributed by atoms with E-state index in [0.29, 0.717) is 16.9 Å². The van der Waals surface area contributed by atoms with Crippen molar-refractivity contribution in [3.8, 4) is 0 Å². The number of benzene rings is 2. The van der Waals surface area contributed by atoms with E-state index in [9.17, 15) is 19.2 Å². The summed E-state index contributed by atoms with van der Waals surface area (Å²) in [6, 6.07) is 13.8. The van der Waals surface area contributed by atoms with E-state index in [1.54, 1.807) is 36.4 Å². The van der Waals surface area contributed by atoms with Crippen LogP contribution in [0.1, 0.15) is 24.2 Å². The fraction of sp³-hybridized carbons (Fsp3) is 0.238. The number of rotatable bonds is 6. The van der Waals surface area contributed by atoms with Crippen LogP contribution in [0.25, 0.3) is 0 Å². The summed E-state index contributed by atoms with van der Waals surface area (Å²) in [5, 5.41) is 2.62. The van der Waals surface area contributed by atoms with E-state index in [1.807, 2.05) is 12.1 Å². The lowest BCUT2D eigenvalue weighted by atomic mass is 10.1. The quantitative estimate of drug-likeness (QED) is 0.579. The van der Waals surface area contributed by atoms with Gasteiger partial charge >= 0.3 is 5.97 Å². The number of nitrogens with one attached hydrogen (secondary N) is 1. The summed E-state index contributed by atoms with van der Waals surface area (Å²) in [6.07, 6.45) is -1.06. The summed E-state index contributed by atoms with van der Waals surface area (Å²) in [6.45, 7) is 2.61. The van der Waals surface area contributed by atoms with Gasteiger partial charge in [0.2, 0.25) is 5.91 Å². The lowest BCUT2D eigenvalue weighted by Gasteiger charge is -2.28. The van der Waals surface area contributed by atoms with Crippen molar-refractivity contribution in [3.63, 3.8) is 0 Å². The van der Waals surface area contributed by atoms with Gasteiger partial charge in [-0.15, -0.1) is 11.8 Å². The molecule has 8 heteroatoms. The SMILES string of the molecule is CC(=O)c1cccc(NC(=O)[C@@H](C)OC(=O)CN2C(=O)CSc3ccccc32)c1. The number of hydrogen-bond donors (Lipinski definition) is 1. The molecule has 1 aliphatic heterocycles. The topological polar surface area (TPSA) is 92.8 Å². The molecule has 0 saturated heterocycles. The van der Waals surface area contributed by atoms with Gasteiger partial charge in [-0.3, -0.25) is 24.1 Å². The maximum absolute atomic E-state index is 12.3. The summed E-state index contributed by atoms with van der Waals surface area (Å²) in [5.74, 6) is -1.28. The van der Waals surface area contributed by atoms with Gasteiger partial charge in [0.25, 0.3) is 5.91 Å². The molecule has 0 spiro atoms. The Labute approximate surface area is 172 Å². The Bertz CT molecular complexity index is 975. The van der Waals surface area contributed by atoms with E-state index in [0.717, 1.165) is 4.90 Å². The summed E-state index contributed by atoms with van der Waals surface area (Å²) >= 11 is 1.42. The van der Waals surface area contributed by atoms with Crippen molar-refractivity contribution >= 4 is 46.7 Å². The number of anilines is 2. The van der Waals surface area contributed by atoms with Gasteiger partial charge in [0.1, 0.15) is 6.54 Å². The van der Waals surface area contributed by atoms with Crippen LogP contribution < -0.4 is 10.2 Å². The van der Waals surface area contributed by atoms with Gasteiger partial charge in [0.15, 0.2) is 11.9 Å². The first-order valence-corrected chi connectivity index (χ1v) is 9.97. The van der Waals surface area contributed by atoms with Crippen LogP contribution in [-0.2, 0) is 19.1 Å². The number of amides is 2. The molecular formula is C21H20N2O5S. The molecule has 0 aliphatic carbocycles. The Morgan fingerprint density at radius 2 is 1.93 bits per heavy atom. The zero-order valence-corrected chi connectivity index (χ0v) is 16.8. The predicted octanol–water partition coefficient (Wildman–Crippen LogP) is 2.90. The Kier molecular flexibility index (Phi) is 6.33. The molecule has 29 heavy (non-hydrogen) atoms. The van der Waals surface area contributed by atoms with Crippen molar-refractivity contribution < 1.29 is 23.9 Å². The molecule has 0 fully saturated rings. The lowest BCUT2D eigenvalue weighted by molar-refractivity contribution is -0.152. The number of ketones is 1. The number of hydrogen-bond acceptors (Lipinski definition) is 6. The molecule has 1 heterocycles. The minimum atomic E-state index is -1.06. The standard InChI is InChI=1S/C21H20N2O5S/c1-13(24)15-6-5-7-16(10-15)22-21(27)14(2)28-20(26)11-23-17-8-3-4-9-18(17)29-12-19(23)25/h3-10,14H,11-12H2,1-2H3,(H,22,27)/t14-/m1/s1. The largest absolute Gasteiger partial charge is 0.451 e. The van der Waals surface area contributed by atoms with Crippen LogP contribution in [0.2, 0.25) is 0 Å². The van der Waals surface area contributed by atoms with Gasteiger partial charge in [0.05, 0.1) is 11.4 Å². The third-order valence-electron chi connectivity index (χ3n) is 4.31. The first-order valence-electron chi connectivity index (χ1n) is 8.98. The second kappa shape index (κ2) is 8.91. The van der Waals surface area contributed by atoms with Gasteiger partial charge in [-0.25, -0.2) is 0 Å². The second-order valence-corrected chi connectivity index (χ2v) is 7.51. The van der Waals surface area contributed by atoms with Crippen molar-refractivity contribution in [2.24, 2.45) is 0 Å². The van der Waals surface area contributed by atoms with E-state index in [2.05, 4.69) is 5.32 Å². The number of fused-ring (bicyclic) bond motifs is 1. The number of nitrogens with zero attached hydrogens (tertiary/aromatic N) is 1. The molecule has 1 aliphatic rings. The fourth-order valence-corrected chi connectivity index (χ4v) is 3.74. The van der Waals surface area contributed by atoms with Gasteiger partial charge in [-0.2, -0.15) is 0 Å². The van der Waals surface area contributed by atoms with Crippen molar-refractivity contribution in [3.05, 3.63) is 54.1 Å². The molecule has 3 rings (SSSR count). The van der Waals surface area contributed by atoms with Crippen LogP contribution in [0.5, 0.6) is 0 Å². The second-order valence-electron chi connectivity index (χ2n) is 6.49. The molecule has 0 bridgehead atoms. The zero-order chi connectivity index (χ0) is 21.0. The number of para-hydroxylation sites is 1. The average Bonchev–Trinajstić information content (AvgIpc) is 2.70. The summed E-state index contributed by atoms with van der Waals surface area (Å²) in [4.78, 5) is 50.6. The highest BCUT2D eigenvalue weighted by atomic mass is 32.2. The number of carbonyl (C=O) groups excluding carboxylic acids is 4. The number of Topliss-reactive ketones (excluding diaryl/α,β-unsaturated/α-hetero) is 1. The van der Waals surface area contributed by atoms with Crippen LogP contribution in [-0.4, -0.2) is 42.0 Å². The number of thioether (sulfide) groups is 1. The van der Waals surface area contributed by atoms with Gasteiger partial charge in [0, 0.05) is 16.1 Å². The molecule has 0 saturated carbocycles. The van der Waals surface area contributed by atoms with E-state index in [-0.39, 0.29) is 24.0 Å². The smallest absolute Gasteiger partial charge is 0.326 e. The highest BCUT2D eigenvalue weighted by Gasteiger charge is 2.28. The third kappa shape index (κ3) is 5.03. The molecule has 150 valence electrons. The lowest BCUT2D eigenvalue weighted by Crippen LogP contribution is -2.41. The zero-order valence-electron chi connectivity index (χ0n) is 16.0. The highest BCUT2D eigenvalue weighted by molar-refractivity contribution is 8.00. The Balaban J connectivity index is 1.60. The van der Waals surface area contributed by atoms with Crippen LogP contribution in [0.15, 0.2) is 53.4 Å². The first-order chi connectivity index (χ1) is 13.8. The van der Waals surface area contributed by atoms with Crippen LogP contribution in [0.4, 0.5) is 11.4 Å². The van der Waals surface area contributed by atoms with Crippen LogP contribution in [0.3, 0.4) is 0 Å². The predicted molar refractivity (Wildman–Crippen MR) is 110 cm³/mol. The highest BCUT2D eigenvalue weighted by Crippen LogP contribution is 2.34. The third-order valence-corrected chi connectivity index (χ3v) is 5.36. The van der Waals surface area contributed by atoms with E-state index < -0.39 is 18.0 Å². The molecule has 0 aromatic heterocycles. The average molecular weight is 412 g/mol. The maximum atomic E-state index is 12.3. The van der Waals surface area contributed by atoms with Crippen LogP contribution >= 0.6 is 11.8 Å². The van der Waals surface area contributed by atoms with E-state index in [1.165, 1.54) is 30.5 Å². The molecule has 2 aromatic rings. The molecular weight excluding hydrogens is 392 g/mol. The minimum absolute atomic E-state index is 0.120. The molecule has 0 radical (unpaired) electrons. The monoisotopic (exact) mass is 412 g/mol. The summed E-state index contributed by atoms with van der Waals surface area (Å²) in [7, 11) is 0. The molecule has 2 amide bonds. The Morgan fingerprint density at radius 3 is 2.69 bits per heavy atom. The molecule has 1 N–H and O–H groups in total. The van der Waals surface area contributed by atoms with E-state index in [4.69, 9.17) is 4.74 Å². The molecule has 1 atom stereocenters. The molecule has 2 aromatic carbocycles. The van der Waals surface area contributed by atoms with Crippen molar-refractivity contribution in [2.75, 3.05) is 22.5 Å². The Morgan fingerprint density at radius 1 is 1.17 bits per heavy atom. The normalized spacial score (nSPS) is 14.0. The van der Waals surface area contributed by atoms with E-state index >= 15 is 0 Å². The van der Waals surface area contributed by atoms with Gasteiger partial charge in [-0.1, -0.05) is 24.3 Å². The number of esters is 1. The van der Waals surface area contributed by atoms with Crippen LogP contribution in [0, 0.1) is 0 Å². The van der Waals surface area contributed by atoms with Crippen molar-refractivity contribution in [1.29, 1.82) is 0 Å². The Hall–Kier alpha value is -3.13. The number of ether oxygens (including phenoxy) is 1. The molecule has 0 unspecified atom stereocenters. The molecule has 7 nitrogen and oxygen atoms in total. The van der Waals surface area contributed by atoms with Gasteiger partial charge in [-0.05, 0) is 38.1 Å². The maximum Gasteiger partial charge on any atom is 0.326 e. The van der Waals surface area contributed by atoms with Crippen molar-refractivity contribution in [1.82, 2.24) is 0 Å². The van der Waals surface area contributed by atoms with Gasteiger partial charge < -0.3 is 10.1 Å². The minimum Gasteiger partial charge on any atom is -0.451 e. The van der Waals surface area contributed by atoms with Crippen molar-refractivity contribution in [2.45, 2.75) is 24.8 Å². The number of carbonyl (C=O) groups is 4. The summed E-state index contributed by atoms with van der Waals surface area (Å²) < 4.78 is 5.21. The summed E-state index contributed by atoms with van der Waals surface area (Å²) in [5.41, 5.74) is 1.55.